The molecule has 1 aromatic rings. The van der Waals surface area contributed by atoms with Crippen LogP contribution in [0.4, 0.5) is 0 Å². The monoisotopic (exact) mass is 361 g/mol. The van der Waals surface area contributed by atoms with Gasteiger partial charge in [0.05, 0.1) is 10.8 Å². The summed E-state index contributed by atoms with van der Waals surface area (Å²) in [7, 11) is -3.67. The van der Waals surface area contributed by atoms with Gasteiger partial charge >= 0.3 is 5.97 Å². The largest absolute Gasteiger partial charge is 0.481 e. The average Bonchev–Trinajstić information content (AvgIpc) is 2.38. The predicted octanol–water partition coefficient (Wildman–Crippen LogP) is 2.18. The normalized spacial score (nSPS) is 24.5. The van der Waals surface area contributed by atoms with E-state index in [0.717, 1.165) is 0 Å². The Morgan fingerprint density at radius 1 is 1.35 bits per heavy atom. The van der Waals surface area contributed by atoms with Gasteiger partial charge in [0.15, 0.2) is 0 Å². The van der Waals surface area contributed by atoms with E-state index in [9.17, 15) is 13.2 Å². The molecule has 1 aliphatic rings. The molecule has 1 heterocycles. The van der Waals surface area contributed by atoms with E-state index < -0.39 is 21.9 Å². The molecule has 2 unspecified atom stereocenters. The van der Waals surface area contributed by atoms with Crippen LogP contribution in [0.5, 0.6) is 0 Å². The number of halogens is 1. The van der Waals surface area contributed by atoms with E-state index in [2.05, 4.69) is 15.9 Å². The molecule has 0 aliphatic carbocycles. The number of hydrogen-bond donors (Lipinski definition) is 1. The van der Waals surface area contributed by atoms with Crippen molar-refractivity contribution in [2.24, 2.45) is 11.8 Å². The first-order valence-electron chi connectivity index (χ1n) is 6.30. The summed E-state index contributed by atoms with van der Waals surface area (Å²) in [4.78, 5) is 11.3. The molecule has 20 heavy (non-hydrogen) atoms. The first-order chi connectivity index (χ1) is 9.32. The number of carbonyl (C=O) groups is 1. The summed E-state index contributed by atoms with van der Waals surface area (Å²) in [6, 6.07) is 6.57. The Kier molecular flexibility index (Phi) is 4.51. The quantitative estimate of drug-likeness (QED) is 0.895. The number of hydrogen-bond acceptors (Lipinski definition) is 3. The Morgan fingerprint density at radius 3 is 2.60 bits per heavy atom. The maximum Gasteiger partial charge on any atom is 0.307 e. The highest BCUT2D eigenvalue weighted by Gasteiger charge is 2.36. The molecular formula is C13H16BrNO4S. The molecule has 1 aliphatic heterocycles. The van der Waals surface area contributed by atoms with Gasteiger partial charge in [-0.2, -0.15) is 4.31 Å². The number of piperidine rings is 1. The van der Waals surface area contributed by atoms with Crippen LogP contribution in [0.1, 0.15) is 13.3 Å². The smallest absolute Gasteiger partial charge is 0.307 e. The van der Waals surface area contributed by atoms with Gasteiger partial charge in [-0.05, 0) is 40.4 Å². The van der Waals surface area contributed by atoms with Crippen molar-refractivity contribution < 1.29 is 18.3 Å². The fourth-order valence-corrected chi connectivity index (χ4v) is 5.04. The number of benzene rings is 1. The molecule has 5 nitrogen and oxygen atoms in total. The maximum absolute atomic E-state index is 12.6. The highest BCUT2D eigenvalue weighted by Crippen LogP contribution is 2.30. The Morgan fingerprint density at radius 2 is 2.00 bits per heavy atom. The summed E-state index contributed by atoms with van der Waals surface area (Å²) in [6.45, 7) is 2.26. The number of carboxylic acids is 1. The SMILES string of the molecule is CC1CC(C(=O)O)CN(S(=O)(=O)c2ccccc2Br)C1. The van der Waals surface area contributed by atoms with E-state index in [1.807, 2.05) is 6.92 Å². The van der Waals surface area contributed by atoms with Gasteiger partial charge in [0, 0.05) is 17.6 Å². The minimum atomic E-state index is -3.67. The van der Waals surface area contributed by atoms with E-state index in [1.54, 1.807) is 18.2 Å². The molecule has 0 amide bonds. The van der Waals surface area contributed by atoms with Crippen molar-refractivity contribution in [2.45, 2.75) is 18.2 Å². The van der Waals surface area contributed by atoms with Crippen LogP contribution in [-0.2, 0) is 14.8 Å². The number of sulfonamides is 1. The van der Waals surface area contributed by atoms with Crippen LogP contribution in [0.2, 0.25) is 0 Å². The third-order valence-corrected chi connectivity index (χ3v) is 6.27. The highest BCUT2D eigenvalue weighted by atomic mass is 79.9. The van der Waals surface area contributed by atoms with Gasteiger partial charge in [-0.25, -0.2) is 8.42 Å². The molecular weight excluding hydrogens is 346 g/mol. The minimum absolute atomic E-state index is 0.0297. The lowest BCUT2D eigenvalue weighted by molar-refractivity contribution is -0.143. The maximum atomic E-state index is 12.6. The fourth-order valence-electron chi connectivity index (χ4n) is 2.47. The number of aliphatic carboxylic acids is 1. The molecule has 0 spiro atoms. The Labute approximate surface area is 126 Å². The van der Waals surface area contributed by atoms with E-state index >= 15 is 0 Å². The van der Waals surface area contributed by atoms with Gasteiger partial charge in [-0.15, -0.1) is 0 Å². The van der Waals surface area contributed by atoms with Gasteiger partial charge in [0.2, 0.25) is 10.0 Å². The fraction of sp³-hybridized carbons (Fsp3) is 0.462. The second kappa shape index (κ2) is 5.83. The molecule has 110 valence electrons. The Hall–Kier alpha value is -0.920. The summed E-state index contributed by atoms with van der Waals surface area (Å²) in [5.74, 6) is -1.55. The average molecular weight is 362 g/mol. The summed E-state index contributed by atoms with van der Waals surface area (Å²) in [5.41, 5.74) is 0. The molecule has 0 aromatic heterocycles. The van der Waals surface area contributed by atoms with Crippen molar-refractivity contribution in [3.05, 3.63) is 28.7 Å². The van der Waals surface area contributed by atoms with Gasteiger partial charge in [0.1, 0.15) is 0 Å². The van der Waals surface area contributed by atoms with Crippen LogP contribution in [-0.4, -0.2) is 36.9 Å². The molecule has 1 aromatic carbocycles. The molecule has 1 fully saturated rings. The van der Waals surface area contributed by atoms with Crippen molar-refractivity contribution in [1.82, 2.24) is 4.31 Å². The second-order valence-electron chi connectivity index (χ2n) is 5.13. The zero-order valence-corrected chi connectivity index (χ0v) is 13.4. The van der Waals surface area contributed by atoms with Crippen LogP contribution in [0.15, 0.2) is 33.6 Å². The van der Waals surface area contributed by atoms with Gasteiger partial charge < -0.3 is 5.11 Å². The summed E-state index contributed by atoms with van der Waals surface area (Å²) in [6.07, 6.45) is 0.511. The zero-order valence-electron chi connectivity index (χ0n) is 11.0. The van der Waals surface area contributed by atoms with E-state index in [-0.39, 0.29) is 17.4 Å². The van der Waals surface area contributed by atoms with Crippen molar-refractivity contribution in [1.29, 1.82) is 0 Å². The number of rotatable bonds is 3. The Bertz CT molecular complexity index is 617. The molecule has 7 heteroatoms. The van der Waals surface area contributed by atoms with E-state index in [1.165, 1.54) is 10.4 Å². The van der Waals surface area contributed by atoms with Crippen molar-refractivity contribution in [3.63, 3.8) is 0 Å². The number of nitrogens with zero attached hydrogens (tertiary/aromatic N) is 1. The summed E-state index contributed by atoms with van der Waals surface area (Å²) < 4.78 is 27.0. The third-order valence-electron chi connectivity index (χ3n) is 3.43. The van der Waals surface area contributed by atoms with Crippen LogP contribution in [0.25, 0.3) is 0 Å². The summed E-state index contributed by atoms with van der Waals surface area (Å²) >= 11 is 3.24. The highest BCUT2D eigenvalue weighted by molar-refractivity contribution is 9.10. The van der Waals surface area contributed by atoms with Crippen LogP contribution in [0.3, 0.4) is 0 Å². The van der Waals surface area contributed by atoms with E-state index in [4.69, 9.17) is 5.11 Å². The van der Waals surface area contributed by atoms with Gasteiger partial charge in [-0.1, -0.05) is 19.1 Å². The molecule has 2 atom stereocenters. The van der Waals surface area contributed by atoms with Crippen molar-refractivity contribution in [2.75, 3.05) is 13.1 Å². The molecule has 2 rings (SSSR count). The van der Waals surface area contributed by atoms with Crippen molar-refractivity contribution >= 4 is 31.9 Å². The zero-order chi connectivity index (χ0) is 14.9. The first kappa shape index (κ1) is 15.5. The van der Waals surface area contributed by atoms with E-state index in [0.29, 0.717) is 17.4 Å². The van der Waals surface area contributed by atoms with Crippen LogP contribution in [0, 0.1) is 11.8 Å². The lowest BCUT2D eigenvalue weighted by atomic mass is 9.92. The second-order valence-corrected chi connectivity index (χ2v) is 7.89. The lowest BCUT2D eigenvalue weighted by Gasteiger charge is -2.33. The standard InChI is InChI=1S/C13H16BrNO4S/c1-9-6-10(13(16)17)8-15(7-9)20(18,19)12-5-3-2-4-11(12)14/h2-5,9-10H,6-8H2,1H3,(H,16,17). The first-order valence-corrected chi connectivity index (χ1v) is 8.53. The van der Waals surface area contributed by atoms with Crippen molar-refractivity contribution in [3.8, 4) is 0 Å². The van der Waals surface area contributed by atoms with Gasteiger partial charge in [0.25, 0.3) is 0 Å². The van der Waals surface area contributed by atoms with Crippen LogP contribution >= 0.6 is 15.9 Å². The molecule has 0 bridgehead atoms. The van der Waals surface area contributed by atoms with Crippen LogP contribution < -0.4 is 0 Å². The Balaban J connectivity index is 2.34. The molecule has 0 saturated carbocycles. The summed E-state index contributed by atoms with van der Waals surface area (Å²) in [5, 5.41) is 9.13. The van der Waals surface area contributed by atoms with Gasteiger partial charge in [-0.3, -0.25) is 4.79 Å². The topological polar surface area (TPSA) is 74.7 Å². The molecule has 0 radical (unpaired) electrons. The number of carboxylic acid groups (broad SMARTS) is 1. The molecule has 1 N–H and O–H groups in total. The predicted molar refractivity (Wildman–Crippen MR) is 77.8 cm³/mol. The molecule has 1 saturated heterocycles. The third kappa shape index (κ3) is 3.05. The lowest BCUT2D eigenvalue weighted by Crippen LogP contribution is -2.45. The minimum Gasteiger partial charge on any atom is -0.481 e.